The van der Waals surface area contributed by atoms with E-state index < -0.39 is 8.07 Å². The van der Waals surface area contributed by atoms with Crippen LogP contribution in [-0.2, 0) is 16.3 Å². The quantitative estimate of drug-likeness (QED) is 0.660. The molecule has 0 spiro atoms. The molecule has 0 heterocycles. The number of allylic oxidation sites excluding steroid dienone is 4. The van der Waals surface area contributed by atoms with E-state index in [0.29, 0.717) is 16.3 Å². The first-order chi connectivity index (χ1) is 5.04. The van der Waals surface area contributed by atoms with Crippen LogP contribution in [0.25, 0.3) is 0 Å². The monoisotopic (exact) mass is 311 g/mol. The van der Waals surface area contributed by atoms with Crippen molar-refractivity contribution in [2.24, 2.45) is 0 Å². The van der Waals surface area contributed by atoms with Gasteiger partial charge in [0.05, 0.1) is 0 Å². The maximum absolute atomic E-state index is 2.46. The second-order valence-electron chi connectivity index (χ2n) is 3.97. The fourth-order valence-corrected chi connectivity index (χ4v) is 3.55. The first-order valence-corrected chi connectivity index (χ1v) is 9.64. The molecular weight excluding hydrogens is 293 g/mol. The van der Waals surface area contributed by atoms with E-state index in [-0.39, 0.29) is 37.2 Å². The summed E-state index contributed by atoms with van der Waals surface area (Å²) in [5.74, 6) is 0. The number of hydrogen-bond donors (Lipinski definition) is 0. The van der Waals surface area contributed by atoms with Gasteiger partial charge in [0.25, 0.3) is 0 Å². The van der Waals surface area contributed by atoms with E-state index in [9.17, 15) is 0 Å². The van der Waals surface area contributed by atoms with Gasteiger partial charge in [0, 0.05) is 0 Å². The average molecular weight is 313 g/mol. The molecule has 0 unspecified atom stereocenters. The van der Waals surface area contributed by atoms with Gasteiger partial charge in [0.1, 0.15) is 0 Å². The molecule has 1 aliphatic carbocycles. The molecule has 0 saturated heterocycles. The van der Waals surface area contributed by atoms with Crippen molar-refractivity contribution in [3.63, 3.8) is 0 Å². The van der Waals surface area contributed by atoms with Crippen LogP contribution in [0.2, 0.25) is 25.3 Å². The number of hydrogen-bond acceptors (Lipinski definition) is 0. The molecule has 0 atom stereocenters. The number of halogens is 3. The normalized spacial score (nSPS) is 14.0. The van der Waals surface area contributed by atoms with Crippen LogP contribution in [0.5, 0.6) is 0 Å². The van der Waals surface area contributed by atoms with Crippen LogP contribution in [0.1, 0.15) is 6.42 Å². The Morgan fingerprint density at radius 1 is 1.14 bits per heavy atom. The molecule has 5 heteroatoms. The van der Waals surface area contributed by atoms with E-state index in [4.69, 9.17) is 0 Å². The molecule has 0 aromatic carbocycles. The van der Waals surface area contributed by atoms with Crippen LogP contribution >= 0.6 is 37.2 Å². The van der Waals surface area contributed by atoms with Gasteiger partial charge in [-0.2, -0.15) is 0 Å². The van der Waals surface area contributed by atoms with Gasteiger partial charge in [-0.05, 0) is 0 Å². The number of rotatable bonds is 2. The van der Waals surface area contributed by atoms with Gasteiger partial charge in [-0.25, -0.2) is 0 Å². The Bertz CT molecular complexity index is 219. The summed E-state index contributed by atoms with van der Waals surface area (Å²) in [6.45, 7) is 7.26. The fraction of sp³-hybridized carbons (Fsp3) is 0.556. The van der Waals surface area contributed by atoms with Crippen molar-refractivity contribution >= 4 is 45.3 Å². The molecule has 85 valence electrons. The molecule has 0 radical (unpaired) electrons. The van der Waals surface area contributed by atoms with Gasteiger partial charge in [-0.15, -0.1) is 37.2 Å². The summed E-state index contributed by atoms with van der Waals surface area (Å²) in [5, 5.41) is 1.67. The zero-order chi connectivity index (χ0) is 8.48. The third-order valence-corrected chi connectivity index (χ3v) is 5.47. The van der Waals surface area contributed by atoms with Gasteiger partial charge in [-0.3, -0.25) is 0 Å². The van der Waals surface area contributed by atoms with Crippen LogP contribution in [0.15, 0.2) is 21.6 Å². The van der Waals surface area contributed by atoms with Crippen LogP contribution in [0, 0.1) is 0 Å². The molecule has 1 aliphatic rings. The summed E-state index contributed by atoms with van der Waals surface area (Å²) < 4.78 is 1.71. The van der Waals surface area contributed by atoms with Gasteiger partial charge >= 0.3 is 77.7 Å². The zero-order valence-corrected chi connectivity index (χ0v) is 13.9. The minimum atomic E-state index is -0.982. The molecule has 0 saturated carbocycles. The van der Waals surface area contributed by atoms with E-state index in [2.05, 4.69) is 37.4 Å². The summed E-state index contributed by atoms with van der Waals surface area (Å²) in [5.41, 5.74) is 2.34. The topological polar surface area (TPSA) is 0 Å². The van der Waals surface area contributed by atoms with Gasteiger partial charge in [0.15, 0.2) is 0 Å². The first kappa shape index (κ1) is 20.5. The van der Waals surface area contributed by atoms with E-state index >= 15 is 0 Å². The molecule has 1 rings (SSSR count). The maximum atomic E-state index is 2.46. The Hall–Kier alpha value is 1.15. The van der Waals surface area contributed by atoms with Crippen molar-refractivity contribution in [3.05, 3.63) is 21.6 Å². The standard InChI is InChI=1S/C8H13Si.CH3.3ClH.V/c1-9(2,3)8-6-4-5-7-8;;;;;/h6-7H,4H2,1-3H3;1H3;3*1H;. The predicted molar refractivity (Wildman–Crippen MR) is 71.7 cm³/mol. The molecule has 0 amide bonds. The Balaban J connectivity index is -0.000000403. The third kappa shape index (κ3) is 5.89. The molecular formula is C9H19Cl3SiV. The Kier molecular flexibility index (Phi) is 12.2. The summed E-state index contributed by atoms with van der Waals surface area (Å²) >= 11 is 0.488. The van der Waals surface area contributed by atoms with Gasteiger partial charge < -0.3 is 0 Å². The van der Waals surface area contributed by atoms with E-state index in [1.54, 1.807) is 9.48 Å². The van der Waals surface area contributed by atoms with Crippen LogP contribution in [-0.4, -0.2) is 8.07 Å². The van der Waals surface area contributed by atoms with E-state index in [1.165, 1.54) is 6.42 Å². The van der Waals surface area contributed by atoms with Crippen molar-refractivity contribution < 1.29 is 16.3 Å². The third-order valence-electron chi connectivity index (χ3n) is 2.01. The van der Waals surface area contributed by atoms with Crippen molar-refractivity contribution in [1.29, 1.82) is 0 Å². The molecule has 0 aliphatic heterocycles. The van der Waals surface area contributed by atoms with Crippen LogP contribution in [0.3, 0.4) is 0 Å². The summed E-state index contributed by atoms with van der Waals surface area (Å²) in [6.07, 6.45) is 6.17. The summed E-state index contributed by atoms with van der Waals surface area (Å²) in [4.78, 5) is 0. The average Bonchev–Trinajstić information content (AvgIpc) is 2.32. The zero-order valence-electron chi connectivity index (χ0n) is 9.03. The van der Waals surface area contributed by atoms with Crippen LogP contribution < -0.4 is 0 Å². The minimum absolute atomic E-state index is 0. The summed E-state index contributed by atoms with van der Waals surface area (Å²) in [6, 6.07) is 0. The van der Waals surface area contributed by atoms with Crippen molar-refractivity contribution in [2.45, 2.75) is 31.7 Å². The molecule has 0 aromatic heterocycles. The second-order valence-corrected chi connectivity index (χ2v) is 10.6. The molecule has 14 heavy (non-hydrogen) atoms. The first-order valence-electron chi connectivity index (χ1n) is 4.05. The summed E-state index contributed by atoms with van der Waals surface area (Å²) in [7, 11) is -0.982. The Morgan fingerprint density at radius 2 is 1.64 bits per heavy atom. The van der Waals surface area contributed by atoms with Gasteiger partial charge in [-0.1, -0.05) is 0 Å². The fourth-order valence-electron chi connectivity index (χ4n) is 1.19. The Morgan fingerprint density at radius 3 is 1.86 bits per heavy atom. The van der Waals surface area contributed by atoms with E-state index in [1.807, 2.05) is 0 Å². The second kappa shape index (κ2) is 8.32. The van der Waals surface area contributed by atoms with Gasteiger partial charge in [0.2, 0.25) is 0 Å². The SMILES string of the molecule is Cl.Cl.Cl.[CH3][V][C]1=CC([Si](C)(C)C)=CC1. The van der Waals surface area contributed by atoms with Crippen molar-refractivity contribution in [1.82, 2.24) is 0 Å². The van der Waals surface area contributed by atoms with Crippen LogP contribution in [0.4, 0.5) is 0 Å². The Labute approximate surface area is 114 Å². The molecule has 0 nitrogen and oxygen atoms in total. The van der Waals surface area contributed by atoms with Crippen molar-refractivity contribution in [3.8, 4) is 0 Å². The molecule has 0 N–H and O–H groups in total. The predicted octanol–water partition coefficient (Wildman–Crippen LogP) is 4.47. The molecule has 0 aromatic rings. The molecule has 0 bridgehead atoms. The molecule has 0 fully saturated rings. The van der Waals surface area contributed by atoms with E-state index in [0.717, 1.165) is 0 Å². The van der Waals surface area contributed by atoms with Crippen molar-refractivity contribution in [2.75, 3.05) is 0 Å².